The Morgan fingerprint density at radius 3 is 3.17 bits per heavy atom. The number of carbonyl (C=O) groups excluding carboxylic acids is 1. The summed E-state index contributed by atoms with van der Waals surface area (Å²) in [6, 6.07) is 1.83. The zero-order valence-corrected chi connectivity index (χ0v) is 12.1. The number of nitrogens with zero attached hydrogens (tertiary/aromatic N) is 2. The van der Waals surface area contributed by atoms with Crippen molar-refractivity contribution in [2.45, 2.75) is 12.8 Å². The van der Waals surface area contributed by atoms with Crippen LogP contribution in [0.25, 0.3) is 0 Å². The molecule has 1 aliphatic heterocycles. The van der Waals surface area contributed by atoms with E-state index in [2.05, 4.69) is 26.2 Å². The smallest absolute Gasteiger partial charge is 0.255 e. The molecular weight excluding hydrogens is 294 g/mol. The Balaban J connectivity index is 2.04. The SMILES string of the molecule is CNCC1CCCN(C(=O)c2cncc(Br)c2)C1. The van der Waals surface area contributed by atoms with Crippen LogP contribution in [0.15, 0.2) is 22.9 Å². The Morgan fingerprint density at radius 1 is 1.61 bits per heavy atom. The third kappa shape index (κ3) is 3.29. The first kappa shape index (κ1) is 13.5. The predicted octanol–water partition coefficient (Wildman–Crippen LogP) is 1.92. The Bertz CT molecular complexity index is 422. The Hall–Kier alpha value is -0.940. The van der Waals surface area contributed by atoms with Crippen molar-refractivity contribution in [1.82, 2.24) is 15.2 Å². The molecule has 0 spiro atoms. The van der Waals surface area contributed by atoms with Gasteiger partial charge in [0.05, 0.1) is 5.56 Å². The topological polar surface area (TPSA) is 45.2 Å². The van der Waals surface area contributed by atoms with Crippen molar-refractivity contribution in [3.63, 3.8) is 0 Å². The maximum atomic E-state index is 12.3. The summed E-state index contributed by atoms with van der Waals surface area (Å²) >= 11 is 3.35. The van der Waals surface area contributed by atoms with Crippen LogP contribution in [0.4, 0.5) is 0 Å². The molecule has 98 valence electrons. The van der Waals surface area contributed by atoms with Gasteiger partial charge in [0.15, 0.2) is 0 Å². The minimum atomic E-state index is 0.0876. The van der Waals surface area contributed by atoms with Crippen LogP contribution < -0.4 is 5.32 Å². The molecule has 1 N–H and O–H groups in total. The Kier molecular flexibility index (Phi) is 4.72. The molecule has 1 unspecified atom stereocenters. The van der Waals surface area contributed by atoms with Crippen molar-refractivity contribution >= 4 is 21.8 Å². The molecule has 2 heterocycles. The number of piperidine rings is 1. The highest BCUT2D eigenvalue weighted by molar-refractivity contribution is 9.10. The van der Waals surface area contributed by atoms with Gasteiger partial charge in [-0.05, 0) is 54.3 Å². The fourth-order valence-electron chi connectivity index (χ4n) is 2.42. The molecule has 1 atom stereocenters. The molecule has 1 aromatic rings. The van der Waals surface area contributed by atoms with Crippen LogP contribution in [0, 0.1) is 5.92 Å². The average Bonchev–Trinajstić information content (AvgIpc) is 2.39. The molecule has 1 fully saturated rings. The lowest BCUT2D eigenvalue weighted by molar-refractivity contribution is 0.0674. The van der Waals surface area contributed by atoms with Gasteiger partial charge >= 0.3 is 0 Å². The van der Waals surface area contributed by atoms with E-state index in [1.54, 1.807) is 12.4 Å². The largest absolute Gasteiger partial charge is 0.338 e. The predicted molar refractivity (Wildman–Crippen MR) is 74.5 cm³/mol. The van der Waals surface area contributed by atoms with Crippen molar-refractivity contribution in [3.05, 3.63) is 28.5 Å². The molecule has 0 bridgehead atoms. The number of aromatic nitrogens is 1. The minimum Gasteiger partial charge on any atom is -0.338 e. The number of pyridine rings is 1. The van der Waals surface area contributed by atoms with Gasteiger partial charge in [0.1, 0.15) is 0 Å². The van der Waals surface area contributed by atoms with Crippen LogP contribution in [0.3, 0.4) is 0 Å². The second-order valence-corrected chi connectivity index (χ2v) is 5.62. The molecular formula is C13H18BrN3O. The molecule has 2 rings (SSSR count). The van der Waals surface area contributed by atoms with E-state index in [1.165, 1.54) is 6.42 Å². The van der Waals surface area contributed by atoms with Gasteiger partial charge in [0.25, 0.3) is 5.91 Å². The quantitative estimate of drug-likeness (QED) is 0.927. The third-order valence-corrected chi connectivity index (χ3v) is 3.68. The van der Waals surface area contributed by atoms with Gasteiger partial charge in [0.2, 0.25) is 0 Å². The van der Waals surface area contributed by atoms with Gasteiger partial charge in [-0.1, -0.05) is 0 Å². The summed E-state index contributed by atoms with van der Waals surface area (Å²) in [5.74, 6) is 0.650. The fourth-order valence-corrected chi connectivity index (χ4v) is 2.78. The number of hydrogen-bond donors (Lipinski definition) is 1. The summed E-state index contributed by atoms with van der Waals surface area (Å²) in [6.45, 7) is 2.66. The highest BCUT2D eigenvalue weighted by Gasteiger charge is 2.24. The molecule has 5 heteroatoms. The van der Waals surface area contributed by atoms with E-state index in [0.29, 0.717) is 11.5 Å². The van der Waals surface area contributed by atoms with Crippen LogP contribution in [-0.4, -0.2) is 42.5 Å². The molecule has 4 nitrogen and oxygen atoms in total. The van der Waals surface area contributed by atoms with Crippen molar-refractivity contribution < 1.29 is 4.79 Å². The number of amides is 1. The van der Waals surface area contributed by atoms with Gasteiger partial charge < -0.3 is 10.2 Å². The number of carbonyl (C=O) groups is 1. The second kappa shape index (κ2) is 6.29. The summed E-state index contributed by atoms with van der Waals surface area (Å²) in [5.41, 5.74) is 0.662. The molecule has 0 saturated carbocycles. The molecule has 1 saturated heterocycles. The van der Waals surface area contributed by atoms with Crippen molar-refractivity contribution in [2.24, 2.45) is 5.92 Å². The zero-order valence-electron chi connectivity index (χ0n) is 10.5. The van der Waals surface area contributed by atoms with Crippen LogP contribution in [0.1, 0.15) is 23.2 Å². The summed E-state index contributed by atoms with van der Waals surface area (Å²) in [6.07, 6.45) is 5.60. The highest BCUT2D eigenvalue weighted by Crippen LogP contribution is 2.19. The lowest BCUT2D eigenvalue weighted by atomic mass is 9.97. The summed E-state index contributed by atoms with van der Waals surface area (Å²) in [4.78, 5) is 18.3. The number of nitrogens with one attached hydrogen (secondary N) is 1. The molecule has 1 amide bonds. The van der Waals surface area contributed by atoms with Crippen LogP contribution in [-0.2, 0) is 0 Å². The number of hydrogen-bond acceptors (Lipinski definition) is 3. The van der Waals surface area contributed by atoms with Crippen LogP contribution in [0.2, 0.25) is 0 Å². The van der Waals surface area contributed by atoms with E-state index in [1.807, 2.05) is 18.0 Å². The lowest BCUT2D eigenvalue weighted by Crippen LogP contribution is -2.42. The van der Waals surface area contributed by atoms with Gasteiger partial charge in [-0.3, -0.25) is 9.78 Å². The van der Waals surface area contributed by atoms with E-state index in [4.69, 9.17) is 0 Å². The standard InChI is InChI=1S/C13H18BrN3O/c1-15-6-10-3-2-4-17(9-10)13(18)11-5-12(14)8-16-7-11/h5,7-8,10,15H,2-4,6,9H2,1H3. The van der Waals surface area contributed by atoms with E-state index < -0.39 is 0 Å². The fraction of sp³-hybridized carbons (Fsp3) is 0.538. The zero-order chi connectivity index (χ0) is 13.0. The normalized spacial score (nSPS) is 19.9. The van der Waals surface area contributed by atoms with E-state index >= 15 is 0 Å². The molecule has 1 aromatic heterocycles. The number of likely N-dealkylation sites (tertiary alicyclic amines) is 1. The molecule has 1 aliphatic rings. The molecule has 0 radical (unpaired) electrons. The summed E-state index contributed by atoms with van der Waals surface area (Å²) < 4.78 is 0.845. The van der Waals surface area contributed by atoms with Gasteiger partial charge in [-0.15, -0.1) is 0 Å². The molecule has 18 heavy (non-hydrogen) atoms. The van der Waals surface area contributed by atoms with E-state index in [9.17, 15) is 4.79 Å². The Morgan fingerprint density at radius 2 is 2.44 bits per heavy atom. The number of rotatable bonds is 3. The maximum absolute atomic E-state index is 12.3. The summed E-state index contributed by atoms with van der Waals surface area (Å²) in [7, 11) is 1.96. The van der Waals surface area contributed by atoms with Crippen molar-refractivity contribution in [2.75, 3.05) is 26.7 Å². The monoisotopic (exact) mass is 311 g/mol. The third-order valence-electron chi connectivity index (χ3n) is 3.25. The van der Waals surface area contributed by atoms with Crippen molar-refractivity contribution in [1.29, 1.82) is 0 Å². The minimum absolute atomic E-state index is 0.0876. The van der Waals surface area contributed by atoms with Gasteiger partial charge in [-0.25, -0.2) is 0 Å². The molecule has 0 aliphatic carbocycles. The first-order valence-electron chi connectivity index (χ1n) is 6.25. The van der Waals surface area contributed by atoms with Crippen LogP contribution in [0.5, 0.6) is 0 Å². The van der Waals surface area contributed by atoms with E-state index in [-0.39, 0.29) is 5.91 Å². The second-order valence-electron chi connectivity index (χ2n) is 4.71. The van der Waals surface area contributed by atoms with Crippen molar-refractivity contribution in [3.8, 4) is 0 Å². The Labute approximate surface area is 116 Å². The van der Waals surface area contributed by atoms with Gasteiger partial charge in [0, 0.05) is 30.0 Å². The van der Waals surface area contributed by atoms with E-state index in [0.717, 1.165) is 30.5 Å². The first-order valence-corrected chi connectivity index (χ1v) is 7.04. The first-order chi connectivity index (χ1) is 8.70. The molecule has 0 aromatic carbocycles. The summed E-state index contributed by atoms with van der Waals surface area (Å²) in [5, 5.41) is 3.19. The van der Waals surface area contributed by atoms with Gasteiger partial charge in [-0.2, -0.15) is 0 Å². The lowest BCUT2D eigenvalue weighted by Gasteiger charge is -2.32. The number of halogens is 1. The maximum Gasteiger partial charge on any atom is 0.255 e. The average molecular weight is 312 g/mol. The van der Waals surface area contributed by atoms with Crippen LogP contribution >= 0.6 is 15.9 Å². The highest BCUT2D eigenvalue weighted by atomic mass is 79.9.